The number of nitrogens with zero attached hydrogens (tertiary/aromatic N) is 2. The van der Waals surface area contributed by atoms with Crippen molar-refractivity contribution in [3.63, 3.8) is 0 Å². The Morgan fingerprint density at radius 3 is 2.70 bits per heavy atom. The smallest absolute Gasteiger partial charge is 0.306 e. The van der Waals surface area contributed by atoms with E-state index in [0.29, 0.717) is 13.0 Å². The molecule has 6 nitrogen and oxygen atoms in total. The maximum atomic E-state index is 11.9. The summed E-state index contributed by atoms with van der Waals surface area (Å²) in [7, 11) is 0. The minimum atomic E-state index is -0.765. The molecule has 1 aliphatic rings. The van der Waals surface area contributed by atoms with Gasteiger partial charge in [-0.3, -0.25) is 14.6 Å². The van der Waals surface area contributed by atoms with Gasteiger partial charge in [0.25, 0.3) is 5.91 Å². The van der Waals surface area contributed by atoms with Crippen molar-refractivity contribution in [1.29, 1.82) is 0 Å². The third kappa shape index (κ3) is 3.53. The van der Waals surface area contributed by atoms with Gasteiger partial charge < -0.3 is 10.4 Å². The maximum Gasteiger partial charge on any atom is 0.306 e. The Labute approximate surface area is 117 Å². The van der Waals surface area contributed by atoms with E-state index in [-0.39, 0.29) is 23.4 Å². The molecule has 0 bridgehead atoms. The monoisotopic (exact) mass is 277 g/mol. The Kier molecular flexibility index (Phi) is 4.65. The summed E-state index contributed by atoms with van der Waals surface area (Å²) in [4.78, 5) is 31.1. The second-order valence-corrected chi connectivity index (χ2v) is 5.24. The molecule has 20 heavy (non-hydrogen) atoms. The van der Waals surface area contributed by atoms with E-state index in [0.717, 1.165) is 25.0 Å². The van der Waals surface area contributed by atoms with Gasteiger partial charge in [-0.15, -0.1) is 0 Å². The zero-order valence-corrected chi connectivity index (χ0v) is 11.5. The van der Waals surface area contributed by atoms with Crippen LogP contribution in [0.4, 0.5) is 0 Å². The molecule has 2 unspecified atom stereocenters. The minimum absolute atomic E-state index is 0.00334. The summed E-state index contributed by atoms with van der Waals surface area (Å²) in [6.07, 6.45) is 6.48. The molecule has 0 aliphatic heterocycles. The molecular weight excluding hydrogens is 258 g/mol. The van der Waals surface area contributed by atoms with Gasteiger partial charge in [0.2, 0.25) is 0 Å². The van der Waals surface area contributed by atoms with E-state index < -0.39 is 5.97 Å². The van der Waals surface area contributed by atoms with Crippen molar-refractivity contribution in [1.82, 2.24) is 15.3 Å². The second-order valence-electron chi connectivity index (χ2n) is 5.24. The van der Waals surface area contributed by atoms with E-state index >= 15 is 0 Å². The number of carbonyl (C=O) groups is 2. The number of carboxylic acids is 1. The zero-order valence-electron chi connectivity index (χ0n) is 11.5. The summed E-state index contributed by atoms with van der Waals surface area (Å²) in [6.45, 7) is 2.18. The number of amides is 1. The van der Waals surface area contributed by atoms with Crippen LogP contribution < -0.4 is 5.32 Å². The molecule has 1 amide bonds. The van der Waals surface area contributed by atoms with Gasteiger partial charge >= 0.3 is 5.97 Å². The molecule has 2 N–H and O–H groups in total. The predicted molar refractivity (Wildman–Crippen MR) is 72.2 cm³/mol. The lowest BCUT2D eigenvalue weighted by molar-refractivity contribution is -0.144. The number of carbonyl (C=O) groups excluding carboxylic acids is 1. The normalized spacial score (nSPS) is 22.2. The van der Waals surface area contributed by atoms with E-state index in [1.54, 1.807) is 6.92 Å². The Balaban J connectivity index is 1.91. The van der Waals surface area contributed by atoms with E-state index in [9.17, 15) is 14.7 Å². The van der Waals surface area contributed by atoms with Crippen molar-refractivity contribution >= 4 is 11.9 Å². The fourth-order valence-corrected chi connectivity index (χ4v) is 2.60. The highest BCUT2D eigenvalue weighted by molar-refractivity contribution is 5.91. The molecule has 1 aromatic rings. The largest absolute Gasteiger partial charge is 0.481 e. The fraction of sp³-hybridized carbons (Fsp3) is 0.571. The molecule has 108 valence electrons. The number of carboxylic acid groups (broad SMARTS) is 1. The summed E-state index contributed by atoms with van der Waals surface area (Å²) < 4.78 is 0. The molecule has 2 rings (SSSR count). The van der Waals surface area contributed by atoms with Crippen LogP contribution in [0.1, 0.15) is 41.9 Å². The fourth-order valence-electron chi connectivity index (χ4n) is 2.60. The third-order valence-electron chi connectivity index (χ3n) is 3.76. The molecule has 0 radical (unpaired) electrons. The predicted octanol–water partition coefficient (Wildman–Crippen LogP) is 1.41. The Bertz CT molecular complexity index is 487. The lowest BCUT2D eigenvalue weighted by Gasteiger charge is -2.28. The number of aryl methyl sites for hydroxylation is 1. The van der Waals surface area contributed by atoms with E-state index in [2.05, 4.69) is 15.3 Å². The Morgan fingerprint density at radius 1 is 1.30 bits per heavy atom. The topological polar surface area (TPSA) is 92.2 Å². The van der Waals surface area contributed by atoms with Crippen LogP contribution in [0, 0.1) is 18.8 Å². The Hall–Kier alpha value is -1.98. The van der Waals surface area contributed by atoms with Gasteiger partial charge in [0.1, 0.15) is 5.69 Å². The molecule has 0 saturated heterocycles. The first-order valence-electron chi connectivity index (χ1n) is 6.87. The molecule has 1 saturated carbocycles. The molecule has 1 heterocycles. The molecule has 1 aliphatic carbocycles. The van der Waals surface area contributed by atoms with Crippen LogP contribution in [0.15, 0.2) is 12.4 Å². The molecule has 2 atom stereocenters. The van der Waals surface area contributed by atoms with Crippen molar-refractivity contribution in [3.8, 4) is 0 Å². The van der Waals surface area contributed by atoms with Crippen LogP contribution in [0.2, 0.25) is 0 Å². The molecule has 1 aromatic heterocycles. The van der Waals surface area contributed by atoms with Gasteiger partial charge in [-0.05, 0) is 25.7 Å². The van der Waals surface area contributed by atoms with Gasteiger partial charge in [0.05, 0.1) is 17.8 Å². The third-order valence-corrected chi connectivity index (χ3v) is 3.76. The standard InChI is InChI=1S/C14H19N3O3/c1-9-6-16-12(8-15-9)13(18)17-7-10-4-2-3-5-11(10)14(19)20/h6,8,10-11H,2-5,7H2,1H3,(H,17,18)(H,19,20). The second kappa shape index (κ2) is 6.45. The average molecular weight is 277 g/mol. The van der Waals surface area contributed by atoms with Crippen molar-refractivity contribution in [2.24, 2.45) is 11.8 Å². The van der Waals surface area contributed by atoms with Crippen molar-refractivity contribution in [3.05, 3.63) is 23.8 Å². The SMILES string of the molecule is Cc1cnc(C(=O)NCC2CCCCC2C(=O)O)cn1. The molecule has 6 heteroatoms. The van der Waals surface area contributed by atoms with Crippen molar-refractivity contribution in [2.75, 3.05) is 6.54 Å². The highest BCUT2D eigenvalue weighted by atomic mass is 16.4. The highest BCUT2D eigenvalue weighted by Gasteiger charge is 2.30. The van der Waals surface area contributed by atoms with Crippen LogP contribution in [0.25, 0.3) is 0 Å². The number of nitrogens with one attached hydrogen (secondary N) is 1. The molecule has 0 spiro atoms. The summed E-state index contributed by atoms with van der Waals surface area (Å²) >= 11 is 0. The molecule has 1 fully saturated rings. The van der Waals surface area contributed by atoms with Crippen LogP contribution in [0.5, 0.6) is 0 Å². The number of hydrogen-bond donors (Lipinski definition) is 2. The maximum absolute atomic E-state index is 11.9. The first-order chi connectivity index (χ1) is 9.58. The van der Waals surface area contributed by atoms with Gasteiger partial charge in [0.15, 0.2) is 0 Å². The Morgan fingerprint density at radius 2 is 2.05 bits per heavy atom. The van der Waals surface area contributed by atoms with Gasteiger partial charge in [-0.2, -0.15) is 0 Å². The number of rotatable bonds is 4. The van der Waals surface area contributed by atoms with Gasteiger partial charge in [-0.25, -0.2) is 4.98 Å². The van der Waals surface area contributed by atoms with E-state index in [1.807, 2.05) is 0 Å². The zero-order chi connectivity index (χ0) is 14.5. The van der Waals surface area contributed by atoms with Crippen molar-refractivity contribution in [2.45, 2.75) is 32.6 Å². The van der Waals surface area contributed by atoms with E-state index in [1.165, 1.54) is 12.4 Å². The summed E-state index contributed by atoms with van der Waals surface area (Å²) in [5.41, 5.74) is 1.01. The van der Waals surface area contributed by atoms with Crippen LogP contribution in [0.3, 0.4) is 0 Å². The average Bonchev–Trinajstić information content (AvgIpc) is 2.45. The van der Waals surface area contributed by atoms with Gasteiger partial charge in [0, 0.05) is 12.7 Å². The highest BCUT2D eigenvalue weighted by Crippen LogP contribution is 2.29. The minimum Gasteiger partial charge on any atom is -0.481 e. The first-order valence-corrected chi connectivity index (χ1v) is 6.87. The summed E-state index contributed by atoms with van der Waals surface area (Å²) in [5.74, 6) is -1.41. The van der Waals surface area contributed by atoms with Gasteiger partial charge in [-0.1, -0.05) is 12.8 Å². The molecular formula is C14H19N3O3. The van der Waals surface area contributed by atoms with Crippen molar-refractivity contribution < 1.29 is 14.7 Å². The van der Waals surface area contributed by atoms with E-state index in [4.69, 9.17) is 0 Å². The number of aliphatic carboxylic acids is 1. The quantitative estimate of drug-likeness (QED) is 0.868. The number of hydrogen-bond acceptors (Lipinski definition) is 4. The van der Waals surface area contributed by atoms with Crippen LogP contribution in [-0.2, 0) is 4.79 Å². The lowest BCUT2D eigenvalue weighted by Crippen LogP contribution is -2.37. The summed E-state index contributed by atoms with van der Waals surface area (Å²) in [6, 6.07) is 0. The molecule has 0 aromatic carbocycles. The van der Waals surface area contributed by atoms with Crippen LogP contribution in [-0.4, -0.2) is 33.5 Å². The number of aromatic nitrogens is 2. The van der Waals surface area contributed by atoms with Crippen LogP contribution >= 0.6 is 0 Å². The lowest BCUT2D eigenvalue weighted by atomic mass is 9.79. The first kappa shape index (κ1) is 14.4. The summed E-state index contributed by atoms with van der Waals surface area (Å²) in [5, 5.41) is 12.0.